The number of hydrazine groups is 1. The van der Waals surface area contributed by atoms with Crippen molar-refractivity contribution in [1.29, 1.82) is 0 Å². The van der Waals surface area contributed by atoms with Crippen LogP contribution in [0.3, 0.4) is 0 Å². The molecule has 2 unspecified atom stereocenters. The van der Waals surface area contributed by atoms with Gasteiger partial charge in [0.1, 0.15) is 0 Å². The van der Waals surface area contributed by atoms with Gasteiger partial charge in [0.15, 0.2) is 0 Å². The maximum absolute atomic E-state index is 13.7. The second kappa shape index (κ2) is 17.5. The molecule has 3 aromatic rings. The Morgan fingerprint density at radius 1 is 0.867 bits per heavy atom. The zero-order chi connectivity index (χ0) is 32.8. The number of aliphatic hydroxyl groups is 1. The molecule has 0 aliphatic heterocycles. The Bertz CT molecular complexity index is 1540. The smallest absolute Gasteiger partial charge is 0.253 e. The molecule has 45 heavy (non-hydrogen) atoms. The van der Waals surface area contributed by atoms with Crippen molar-refractivity contribution in [3.63, 3.8) is 0 Å². The van der Waals surface area contributed by atoms with Gasteiger partial charge in [-0.05, 0) is 61.6 Å². The molecule has 2 amide bonds. The molecule has 9 nitrogen and oxygen atoms in total. The monoisotopic (exact) mass is 632 g/mol. The molecule has 0 saturated carbocycles. The highest BCUT2D eigenvalue weighted by atomic mass is 32.2. The van der Waals surface area contributed by atoms with Crippen LogP contribution in [0.25, 0.3) is 0 Å². The van der Waals surface area contributed by atoms with E-state index >= 15 is 0 Å². The van der Waals surface area contributed by atoms with Crippen LogP contribution in [0.15, 0.2) is 83.8 Å². The summed E-state index contributed by atoms with van der Waals surface area (Å²) in [5, 5.41) is 15.9. The van der Waals surface area contributed by atoms with E-state index in [9.17, 15) is 23.1 Å². The zero-order valence-corrected chi connectivity index (χ0v) is 27.1. The Morgan fingerprint density at radius 3 is 2.02 bits per heavy atom. The average Bonchev–Trinajstić information content (AvgIpc) is 3.04. The lowest BCUT2D eigenvalue weighted by Crippen LogP contribution is -2.53. The maximum Gasteiger partial charge on any atom is 0.253 e. The van der Waals surface area contributed by atoms with Crippen LogP contribution in [-0.4, -0.2) is 73.6 Å². The van der Waals surface area contributed by atoms with Gasteiger partial charge in [0.25, 0.3) is 21.8 Å². The first kappa shape index (κ1) is 35.5. The highest BCUT2D eigenvalue weighted by molar-refractivity contribution is 7.89. The Kier molecular flexibility index (Phi) is 13.8. The van der Waals surface area contributed by atoms with E-state index in [0.717, 1.165) is 18.4 Å². The third kappa shape index (κ3) is 10.5. The SMILES string of the molecule is C#Cc1cc(C(=O)NC(Cc2ccccc2)C(O)CN(CCC)NS(=O)(=O)c2ccccc2)cc(C(=O)N(CCC)CCC)c1. The maximum atomic E-state index is 13.7. The van der Waals surface area contributed by atoms with Gasteiger partial charge in [-0.15, -0.1) is 11.3 Å². The number of amides is 2. The van der Waals surface area contributed by atoms with E-state index in [2.05, 4.69) is 16.1 Å². The zero-order valence-electron chi connectivity index (χ0n) is 26.3. The van der Waals surface area contributed by atoms with Crippen LogP contribution in [0.2, 0.25) is 0 Å². The molecule has 3 aromatic carbocycles. The quantitative estimate of drug-likeness (QED) is 0.151. The van der Waals surface area contributed by atoms with Gasteiger partial charge in [0.05, 0.1) is 17.0 Å². The summed E-state index contributed by atoms with van der Waals surface area (Å²) in [6, 6.07) is 21.3. The van der Waals surface area contributed by atoms with E-state index in [1.54, 1.807) is 35.2 Å². The summed E-state index contributed by atoms with van der Waals surface area (Å²) in [6.07, 6.45) is 7.02. The molecular formula is C35H44N4O5S. The topological polar surface area (TPSA) is 119 Å². The molecule has 240 valence electrons. The van der Waals surface area contributed by atoms with Gasteiger partial charge in [-0.1, -0.05) is 75.2 Å². The van der Waals surface area contributed by atoms with Crippen molar-refractivity contribution < 1.29 is 23.1 Å². The number of sulfonamides is 1. The minimum Gasteiger partial charge on any atom is -0.390 e. The van der Waals surface area contributed by atoms with E-state index < -0.39 is 28.1 Å². The number of benzene rings is 3. The molecule has 0 aliphatic rings. The highest BCUT2D eigenvalue weighted by Gasteiger charge is 2.27. The Hall–Kier alpha value is -4.01. The molecule has 0 fully saturated rings. The first-order chi connectivity index (χ1) is 21.6. The fourth-order valence-corrected chi connectivity index (χ4v) is 6.15. The summed E-state index contributed by atoms with van der Waals surface area (Å²) >= 11 is 0. The summed E-state index contributed by atoms with van der Waals surface area (Å²) in [6.45, 7) is 7.31. The molecule has 10 heteroatoms. The van der Waals surface area contributed by atoms with Gasteiger partial charge >= 0.3 is 0 Å². The van der Waals surface area contributed by atoms with Gasteiger partial charge in [0.2, 0.25) is 0 Å². The Morgan fingerprint density at radius 2 is 1.44 bits per heavy atom. The lowest BCUT2D eigenvalue weighted by Gasteiger charge is -2.30. The first-order valence-electron chi connectivity index (χ1n) is 15.4. The fraction of sp³-hybridized carbons (Fsp3) is 0.371. The number of carbonyl (C=O) groups excluding carboxylic acids is 2. The van der Waals surface area contributed by atoms with Gasteiger partial charge in [0, 0.05) is 42.9 Å². The molecule has 0 aromatic heterocycles. The third-order valence-corrected chi connectivity index (χ3v) is 8.56. The van der Waals surface area contributed by atoms with E-state index in [0.29, 0.717) is 37.2 Å². The molecule has 3 rings (SSSR count). The van der Waals surface area contributed by atoms with Crippen molar-refractivity contribution >= 4 is 21.8 Å². The number of aliphatic hydroxyl groups excluding tert-OH is 1. The minimum atomic E-state index is -3.89. The van der Waals surface area contributed by atoms with Crippen molar-refractivity contribution in [3.8, 4) is 12.3 Å². The van der Waals surface area contributed by atoms with E-state index in [-0.39, 0.29) is 29.3 Å². The van der Waals surface area contributed by atoms with E-state index in [1.165, 1.54) is 23.2 Å². The standard InChI is InChI=1S/C35H44N4O5S/c1-5-19-38(20-6-2)35(42)30-23-27(8-4)22-29(25-30)34(41)36-32(24-28-15-11-9-12-16-28)33(40)26-39(21-7-3)37-45(43,44)31-17-13-10-14-18-31/h4,9-18,22-23,25,32-33,37,40H,5-7,19-21,24,26H2,1-3H3,(H,36,41). The van der Waals surface area contributed by atoms with Crippen molar-refractivity contribution in [2.45, 2.75) is 63.5 Å². The number of hydrogen-bond acceptors (Lipinski definition) is 6. The molecular weight excluding hydrogens is 588 g/mol. The summed E-state index contributed by atoms with van der Waals surface area (Å²) in [5.74, 6) is 1.83. The minimum absolute atomic E-state index is 0.0885. The van der Waals surface area contributed by atoms with Crippen LogP contribution >= 0.6 is 0 Å². The normalized spacial score (nSPS) is 12.7. The van der Waals surface area contributed by atoms with Crippen molar-refractivity contribution in [3.05, 3.63) is 101 Å². The predicted molar refractivity (Wildman–Crippen MR) is 177 cm³/mol. The average molecular weight is 633 g/mol. The molecule has 0 radical (unpaired) electrons. The highest BCUT2D eigenvalue weighted by Crippen LogP contribution is 2.16. The largest absolute Gasteiger partial charge is 0.390 e. The summed E-state index contributed by atoms with van der Waals surface area (Å²) in [4.78, 5) is 31.5. The van der Waals surface area contributed by atoms with Crippen LogP contribution < -0.4 is 10.1 Å². The van der Waals surface area contributed by atoms with E-state index in [4.69, 9.17) is 6.42 Å². The fourth-order valence-electron chi connectivity index (χ4n) is 5.03. The van der Waals surface area contributed by atoms with Gasteiger partial charge in [-0.25, -0.2) is 13.4 Å². The van der Waals surface area contributed by atoms with Crippen LogP contribution in [0, 0.1) is 12.3 Å². The molecule has 0 saturated heterocycles. The number of rotatable bonds is 17. The Labute approximate surface area is 267 Å². The second-order valence-electron chi connectivity index (χ2n) is 10.9. The lowest BCUT2D eigenvalue weighted by molar-refractivity contribution is 0.0619. The van der Waals surface area contributed by atoms with Crippen molar-refractivity contribution in [2.75, 3.05) is 26.2 Å². The van der Waals surface area contributed by atoms with Crippen LogP contribution in [0.5, 0.6) is 0 Å². The predicted octanol–water partition coefficient (Wildman–Crippen LogP) is 4.24. The van der Waals surface area contributed by atoms with Crippen LogP contribution in [0.1, 0.15) is 71.9 Å². The summed E-state index contributed by atoms with van der Waals surface area (Å²) in [5.41, 5.74) is 1.78. The van der Waals surface area contributed by atoms with Crippen LogP contribution in [0.4, 0.5) is 0 Å². The molecule has 0 bridgehead atoms. The van der Waals surface area contributed by atoms with Crippen molar-refractivity contribution in [2.24, 2.45) is 0 Å². The summed E-state index contributed by atoms with van der Waals surface area (Å²) < 4.78 is 26.1. The molecule has 3 N–H and O–H groups in total. The summed E-state index contributed by atoms with van der Waals surface area (Å²) in [7, 11) is -3.89. The molecule has 0 heterocycles. The molecule has 2 atom stereocenters. The van der Waals surface area contributed by atoms with Crippen LogP contribution in [-0.2, 0) is 16.4 Å². The van der Waals surface area contributed by atoms with Gasteiger partial charge in [-0.3, -0.25) is 9.59 Å². The lowest BCUT2D eigenvalue weighted by atomic mass is 9.99. The number of nitrogens with zero attached hydrogens (tertiary/aromatic N) is 2. The number of hydrogen-bond donors (Lipinski definition) is 3. The van der Waals surface area contributed by atoms with E-state index in [1.807, 2.05) is 51.1 Å². The second-order valence-corrected chi connectivity index (χ2v) is 12.6. The molecule has 0 spiro atoms. The van der Waals surface area contributed by atoms with Gasteiger partial charge in [-0.2, -0.15) is 0 Å². The molecule has 0 aliphatic carbocycles. The number of nitrogens with one attached hydrogen (secondary N) is 2. The van der Waals surface area contributed by atoms with Crippen molar-refractivity contribution in [1.82, 2.24) is 20.1 Å². The van der Waals surface area contributed by atoms with Gasteiger partial charge < -0.3 is 15.3 Å². The number of carbonyl (C=O) groups is 2. The third-order valence-electron chi connectivity index (χ3n) is 7.17. The Balaban J connectivity index is 1.89. The number of terminal acetylenes is 1. The first-order valence-corrected chi connectivity index (χ1v) is 16.9.